The van der Waals surface area contributed by atoms with E-state index in [4.69, 9.17) is 11.5 Å². The highest BCUT2D eigenvalue weighted by Gasteiger charge is 2.74. The Morgan fingerprint density at radius 2 is 0.816 bits per heavy atom. The molecule has 49 heavy (non-hydrogen) atoms. The first-order valence-electron chi connectivity index (χ1n) is 17.4. The summed E-state index contributed by atoms with van der Waals surface area (Å²) < 4.78 is 94.5. The number of phenols is 2. The van der Waals surface area contributed by atoms with Gasteiger partial charge in [-0.3, -0.25) is 0 Å². The molecule has 10 rings (SSSR count). The second kappa shape index (κ2) is 10.7. The normalized spacial score (nSPS) is 34.3. The highest BCUT2D eigenvalue weighted by atomic mass is 19.4. The zero-order chi connectivity index (χ0) is 34.7. The van der Waals surface area contributed by atoms with Crippen LogP contribution in [0.2, 0.25) is 0 Å². The average molecular weight is 683 g/mol. The molecule has 6 N–H and O–H groups in total. The molecular formula is C39H40F6N2O2. The van der Waals surface area contributed by atoms with Crippen LogP contribution in [0.1, 0.15) is 99.3 Å². The molecule has 0 amide bonds. The number of aromatic hydroxyl groups is 2. The number of phenolic OH excluding ortho intramolecular Hbond substituents is 2. The van der Waals surface area contributed by atoms with Crippen LogP contribution in [0.15, 0.2) is 24.3 Å². The monoisotopic (exact) mass is 682 g/mol. The van der Waals surface area contributed by atoms with Crippen molar-refractivity contribution in [3.8, 4) is 35.2 Å². The Morgan fingerprint density at radius 1 is 0.531 bits per heavy atom. The summed E-state index contributed by atoms with van der Waals surface area (Å²) in [6.45, 7) is 0. The summed E-state index contributed by atoms with van der Waals surface area (Å²) in [6, 6.07) is 2.71. The molecule has 0 spiro atoms. The molecule has 2 aromatic carbocycles. The SMILES string of the molecule is Nc1cc(C(c2cc(N)c(O)cc2C#CC23CC4CC(CC(C4)C2)C3)(C(F)(F)F)C(F)(F)F)c(C#CC23CC4CC(CC(C4)C2)C3)cc1O. The lowest BCUT2D eigenvalue weighted by molar-refractivity contribution is -0.288. The molecule has 0 radical (unpaired) electrons. The third-order valence-electron chi connectivity index (χ3n) is 13.0. The number of rotatable bonds is 2. The predicted octanol–water partition coefficient (Wildman–Crippen LogP) is 8.81. The van der Waals surface area contributed by atoms with Crippen LogP contribution in [0.25, 0.3) is 0 Å². The topological polar surface area (TPSA) is 92.5 Å². The highest BCUT2D eigenvalue weighted by molar-refractivity contribution is 5.69. The van der Waals surface area contributed by atoms with Crippen LogP contribution in [0.5, 0.6) is 11.5 Å². The molecule has 2 aromatic rings. The molecule has 0 aliphatic heterocycles. The molecular weight excluding hydrogens is 642 g/mol. The number of anilines is 2. The summed E-state index contributed by atoms with van der Waals surface area (Å²) in [4.78, 5) is 0. The Bertz CT molecular complexity index is 1630. The quantitative estimate of drug-likeness (QED) is 0.110. The van der Waals surface area contributed by atoms with Crippen molar-refractivity contribution in [2.75, 3.05) is 11.5 Å². The van der Waals surface area contributed by atoms with Crippen LogP contribution < -0.4 is 11.5 Å². The Morgan fingerprint density at radius 3 is 1.08 bits per heavy atom. The van der Waals surface area contributed by atoms with Crippen LogP contribution >= 0.6 is 0 Å². The number of halogens is 6. The minimum atomic E-state index is -5.99. The fraction of sp³-hybridized carbons (Fsp3) is 0.590. The predicted molar refractivity (Wildman–Crippen MR) is 173 cm³/mol. The van der Waals surface area contributed by atoms with Crippen molar-refractivity contribution in [1.82, 2.24) is 0 Å². The first-order valence-corrected chi connectivity index (χ1v) is 17.4. The van der Waals surface area contributed by atoms with Gasteiger partial charge in [0.15, 0.2) is 0 Å². The fourth-order valence-electron chi connectivity index (χ4n) is 11.9. The first kappa shape index (κ1) is 32.5. The molecule has 8 bridgehead atoms. The summed E-state index contributed by atoms with van der Waals surface area (Å²) in [5.41, 5.74) is 1.07. The van der Waals surface area contributed by atoms with E-state index in [1.165, 1.54) is 0 Å². The van der Waals surface area contributed by atoms with Crippen molar-refractivity contribution in [3.63, 3.8) is 0 Å². The zero-order valence-electron chi connectivity index (χ0n) is 27.1. The van der Waals surface area contributed by atoms with Gasteiger partial charge in [-0.05, 0) is 148 Å². The number of nitrogens with two attached hydrogens (primary N) is 2. The van der Waals surface area contributed by atoms with E-state index in [0.29, 0.717) is 47.6 Å². The average Bonchev–Trinajstić information content (AvgIpc) is 2.96. The summed E-state index contributed by atoms with van der Waals surface area (Å²) in [7, 11) is 0. The number of nitrogen functional groups attached to an aromatic ring is 2. The summed E-state index contributed by atoms with van der Waals surface area (Å²) >= 11 is 0. The molecule has 260 valence electrons. The van der Waals surface area contributed by atoms with Gasteiger partial charge >= 0.3 is 12.4 Å². The zero-order valence-corrected chi connectivity index (χ0v) is 27.1. The van der Waals surface area contributed by atoms with E-state index in [0.717, 1.165) is 89.2 Å². The molecule has 8 aliphatic carbocycles. The summed E-state index contributed by atoms with van der Waals surface area (Å²) in [6.07, 6.45) is -0.988. The molecule has 0 atom stereocenters. The summed E-state index contributed by atoms with van der Waals surface area (Å²) in [5.74, 6) is 13.1. The van der Waals surface area contributed by atoms with Crippen LogP contribution in [0.4, 0.5) is 37.7 Å². The highest BCUT2D eigenvalue weighted by Crippen LogP contribution is 2.62. The van der Waals surface area contributed by atoms with Crippen molar-refractivity contribution in [3.05, 3.63) is 46.5 Å². The van der Waals surface area contributed by atoms with E-state index in [1.54, 1.807) is 0 Å². The molecule has 0 aromatic heterocycles. The minimum Gasteiger partial charge on any atom is -0.506 e. The molecule has 0 heterocycles. The fourth-order valence-corrected chi connectivity index (χ4v) is 11.9. The van der Waals surface area contributed by atoms with Crippen molar-refractivity contribution in [1.29, 1.82) is 0 Å². The van der Waals surface area contributed by atoms with E-state index in [1.807, 2.05) is 0 Å². The van der Waals surface area contributed by atoms with Gasteiger partial charge in [-0.25, -0.2) is 0 Å². The largest absolute Gasteiger partial charge is 0.506 e. The van der Waals surface area contributed by atoms with E-state index in [9.17, 15) is 10.2 Å². The van der Waals surface area contributed by atoms with E-state index < -0.39 is 73.7 Å². The molecule has 10 heteroatoms. The van der Waals surface area contributed by atoms with E-state index >= 15 is 26.3 Å². The molecule has 0 unspecified atom stereocenters. The van der Waals surface area contributed by atoms with Gasteiger partial charge in [0.05, 0.1) is 11.4 Å². The molecule has 8 aliphatic rings. The maximum Gasteiger partial charge on any atom is 0.411 e. The smallest absolute Gasteiger partial charge is 0.411 e. The van der Waals surface area contributed by atoms with Crippen LogP contribution in [-0.4, -0.2) is 22.6 Å². The Balaban J connectivity index is 1.33. The van der Waals surface area contributed by atoms with Gasteiger partial charge < -0.3 is 21.7 Å². The third kappa shape index (κ3) is 5.14. The summed E-state index contributed by atoms with van der Waals surface area (Å²) in [5, 5.41) is 21.1. The van der Waals surface area contributed by atoms with Crippen LogP contribution in [-0.2, 0) is 5.41 Å². The standard InChI is InChI=1S/C39H40F6N2O2/c40-38(41,42)37(39(43,44)45,29-13-31(46)33(48)11-27(29)1-3-35-15-21-5-22(16-35)7-23(6-21)17-35)30-14-32(47)34(49)12-28(30)2-4-36-18-24-8-25(19-36)10-26(9-24)20-36/h11-14,21-26,48-49H,5-10,15-20,46-47H2. The number of alkyl halides is 6. The lowest BCUT2D eigenvalue weighted by Gasteiger charge is -2.54. The van der Waals surface area contributed by atoms with Gasteiger partial charge in [-0.2, -0.15) is 26.3 Å². The van der Waals surface area contributed by atoms with Gasteiger partial charge in [0, 0.05) is 22.0 Å². The second-order valence-electron chi connectivity index (χ2n) is 16.6. The van der Waals surface area contributed by atoms with E-state index in [2.05, 4.69) is 23.7 Å². The van der Waals surface area contributed by atoms with Gasteiger partial charge in [-0.15, -0.1) is 0 Å². The molecule has 8 saturated carbocycles. The maximum absolute atomic E-state index is 15.8. The van der Waals surface area contributed by atoms with Gasteiger partial charge in [-0.1, -0.05) is 23.7 Å². The Labute approximate surface area is 282 Å². The molecule has 0 saturated heterocycles. The van der Waals surface area contributed by atoms with Gasteiger partial charge in [0.1, 0.15) is 11.5 Å². The molecule has 4 nitrogen and oxygen atoms in total. The van der Waals surface area contributed by atoms with Crippen molar-refractivity contribution in [2.45, 2.75) is 94.8 Å². The lowest BCUT2D eigenvalue weighted by Crippen LogP contribution is -2.55. The first-order chi connectivity index (χ1) is 23.0. The third-order valence-corrected chi connectivity index (χ3v) is 13.0. The maximum atomic E-state index is 15.8. The number of hydrogen-bond acceptors (Lipinski definition) is 4. The van der Waals surface area contributed by atoms with Crippen molar-refractivity contribution < 1.29 is 36.6 Å². The minimum absolute atomic E-state index is 0.444. The Hall–Kier alpha value is -3.66. The van der Waals surface area contributed by atoms with Crippen LogP contribution in [0.3, 0.4) is 0 Å². The Kier molecular flexibility index (Phi) is 7.09. The number of benzene rings is 2. The lowest BCUT2D eigenvalue weighted by atomic mass is 9.50. The van der Waals surface area contributed by atoms with Crippen molar-refractivity contribution in [2.24, 2.45) is 46.3 Å². The van der Waals surface area contributed by atoms with Gasteiger partial charge in [0.2, 0.25) is 5.41 Å². The van der Waals surface area contributed by atoms with Gasteiger partial charge in [0.25, 0.3) is 0 Å². The van der Waals surface area contributed by atoms with Crippen molar-refractivity contribution >= 4 is 11.4 Å². The second-order valence-corrected chi connectivity index (χ2v) is 16.6. The molecule has 8 fully saturated rings. The van der Waals surface area contributed by atoms with E-state index in [-0.39, 0.29) is 0 Å². The number of hydrogen-bond donors (Lipinski definition) is 4. The van der Waals surface area contributed by atoms with Crippen LogP contribution in [0, 0.1) is 70.0 Å².